The van der Waals surface area contributed by atoms with Crippen LogP contribution >= 0.6 is 11.3 Å². The maximum atomic E-state index is 12.1. The Morgan fingerprint density at radius 2 is 2.10 bits per heavy atom. The smallest absolute Gasteiger partial charge is 0.337 e. The summed E-state index contributed by atoms with van der Waals surface area (Å²) in [5, 5.41) is 14.6. The lowest BCUT2D eigenvalue weighted by Gasteiger charge is -2.19. The normalized spacial score (nSPS) is 10.2. The van der Waals surface area contributed by atoms with E-state index in [4.69, 9.17) is 5.11 Å². The lowest BCUT2D eigenvalue weighted by molar-refractivity contribution is 0.0697. The van der Waals surface area contributed by atoms with E-state index in [2.05, 4.69) is 10.3 Å². The lowest BCUT2D eigenvalue weighted by atomic mass is 10.1. The molecule has 2 amide bonds. The number of amides is 2. The van der Waals surface area contributed by atoms with Crippen molar-refractivity contribution in [1.82, 2.24) is 10.3 Å². The predicted octanol–water partition coefficient (Wildman–Crippen LogP) is 2.50. The molecule has 0 fully saturated rings. The topological polar surface area (TPSA) is 82.5 Å². The molecule has 7 heteroatoms. The summed E-state index contributed by atoms with van der Waals surface area (Å²) < 4.78 is 0. The summed E-state index contributed by atoms with van der Waals surface area (Å²) >= 11 is 1.47. The highest BCUT2D eigenvalue weighted by Gasteiger charge is 2.17. The summed E-state index contributed by atoms with van der Waals surface area (Å²) in [6, 6.07) is 5.99. The minimum Gasteiger partial charge on any atom is -0.478 e. The van der Waals surface area contributed by atoms with E-state index in [9.17, 15) is 9.59 Å². The molecule has 0 radical (unpaired) electrons. The number of para-hydroxylation sites is 1. The van der Waals surface area contributed by atoms with Crippen LogP contribution in [0.15, 0.2) is 29.6 Å². The third-order valence-electron chi connectivity index (χ3n) is 2.86. The molecular formula is C14H15N3O3S. The van der Waals surface area contributed by atoms with Gasteiger partial charge in [0.25, 0.3) is 0 Å². The van der Waals surface area contributed by atoms with Gasteiger partial charge in [0.2, 0.25) is 0 Å². The summed E-state index contributed by atoms with van der Waals surface area (Å²) in [5.74, 6) is -1.07. The van der Waals surface area contributed by atoms with Gasteiger partial charge in [0.15, 0.2) is 0 Å². The van der Waals surface area contributed by atoms with E-state index in [1.165, 1.54) is 29.4 Å². The van der Waals surface area contributed by atoms with Gasteiger partial charge in [-0.25, -0.2) is 14.6 Å². The SMILES string of the molecule is Cc1csc(CNC(=O)N(C)c2ccccc2C(=O)O)n1. The Bertz CT molecular complexity index is 669. The largest absolute Gasteiger partial charge is 0.478 e. The Morgan fingerprint density at radius 3 is 2.71 bits per heavy atom. The Morgan fingerprint density at radius 1 is 1.38 bits per heavy atom. The Labute approximate surface area is 126 Å². The van der Waals surface area contributed by atoms with E-state index in [0.29, 0.717) is 12.2 Å². The summed E-state index contributed by atoms with van der Waals surface area (Å²) in [6.07, 6.45) is 0. The number of nitrogens with zero attached hydrogens (tertiary/aromatic N) is 2. The molecule has 0 saturated carbocycles. The number of rotatable bonds is 4. The Kier molecular flexibility index (Phi) is 4.54. The van der Waals surface area contributed by atoms with Crippen LogP contribution in [0.5, 0.6) is 0 Å². The Balaban J connectivity index is 2.07. The summed E-state index contributed by atoms with van der Waals surface area (Å²) in [5.41, 5.74) is 1.34. The molecule has 0 aliphatic carbocycles. The molecule has 1 aromatic heterocycles. The second kappa shape index (κ2) is 6.36. The Hall–Kier alpha value is -2.41. The maximum absolute atomic E-state index is 12.1. The van der Waals surface area contributed by atoms with Crippen LogP contribution in [0.4, 0.5) is 10.5 Å². The van der Waals surface area contributed by atoms with E-state index < -0.39 is 5.97 Å². The van der Waals surface area contributed by atoms with Crippen LogP contribution in [0.1, 0.15) is 21.1 Å². The molecule has 0 unspecified atom stereocenters. The van der Waals surface area contributed by atoms with Gasteiger partial charge >= 0.3 is 12.0 Å². The lowest BCUT2D eigenvalue weighted by Crippen LogP contribution is -2.37. The van der Waals surface area contributed by atoms with E-state index in [1.54, 1.807) is 18.2 Å². The van der Waals surface area contributed by atoms with Crippen LogP contribution in [0.25, 0.3) is 0 Å². The number of carbonyl (C=O) groups excluding carboxylic acids is 1. The van der Waals surface area contributed by atoms with Gasteiger partial charge in [-0.15, -0.1) is 11.3 Å². The molecule has 6 nitrogen and oxygen atoms in total. The van der Waals surface area contributed by atoms with Gasteiger partial charge < -0.3 is 10.4 Å². The number of aromatic nitrogens is 1. The summed E-state index contributed by atoms with van der Waals surface area (Å²) in [7, 11) is 1.53. The minimum atomic E-state index is -1.07. The molecule has 1 aromatic carbocycles. The highest BCUT2D eigenvalue weighted by molar-refractivity contribution is 7.09. The van der Waals surface area contributed by atoms with Gasteiger partial charge in [0, 0.05) is 18.1 Å². The molecule has 2 N–H and O–H groups in total. The first kappa shape index (κ1) is 15.0. The molecule has 2 rings (SSSR count). The molecule has 0 spiro atoms. The van der Waals surface area contributed by atoms with Gasteiger partial charge in [-0.3, -0.25) is 4.90 Å². The number of aryl methyl sites for hydroxylation is 1. The number of anilines is 1. The molecule has 110 valence electrons. The summed E-state index contributed by atoms with van der Waals surface area (Å²) in [4.78, 5) is 28.8. The van der Waals surface area contributed by atoms with Crippen LogP contribution in [-0.2, 0) is 6.54 Å². The van der Waals surface area contributed by atoms with Crippen molar-refractivity contribution < 1.29 is 14.7 Å². The molecule has 1 heterocycles. The second-order valence-corrected chi connectivity index (χ2v) is 5.37. The van der Waals surface area contributed by atoms with E-state index in [1.807, 2.05) is 12.3 Å². The average Bonchev–Trinajstić information content (AvgIpc) is 2.89. The van der Waals surface area contributed by atoms with Crippen molar-refractivity contribution in [3.8, 4) is 0 Å². The van der Waals surface area contributed by atoms with Crippen molar-refractivity contribution >= 4 is 29.0 Å². The quantitative estimate of drug-likeness (QED) is 0.909. The molecule has 0 aliphatic rings. The number of hydrogen-bond acceptors (Lipinski definition) is 4. The number of hydrogen-bond donors (Lipinski definition) is 2. The highest BCUT2D eigenvalue weighted by Crippen LogP contribution is 2.19. The molecule has 0 aliphatic heterocycles. The highest BCUT2D eigenvalue weighted by atomic mass is 32.1. The predicted molar refractivity (Wildman–Crippen MR) is 80.9 cm³/mol. The zero-order valence-electron chi connectivity index (χ0n) is 11.7. The standard InChI is InChI=1S/C14H15N3O3S/c1-9-8-21-12(16-9)7-15-14(20)17(2)11-6-4-3-5-10(11)13(18)19/h3-6,8H,7H2,1-2H3,(H,15,20)(H,18,19). The number of carboxylic acids is 1. The van der Waals surface area contributed by atoms with Gasteiger partial charge in [-0.05, 0) is 19.1 Å². The first-order valence-corrected chi connectivity index (χ1v) is 7.12. The minimum absolute atomic E-state index is 0.0836. The molecule has 2 aromatic rings. The monoisotopic (exact) mass is 305 g/mol. The number of carboxylic acid groups (broad SMARTS) is 1. The van der Waals surface area contributed by atoms with Crippen molar-refractivity contribution in [2.45, 2.75) is 13.5 Å². The van der Waals surface area contributed by atoms with Crippen molar-refractivity contribution in [3.05, 3.63) is 45.9 Å². The number of thiazole rings is 1. The van der Waals surface area contributed by atoms with E-state index >= 15 is 0 Å². The van der Waals surface area contributed by atoms with E-state index in [-0.39, 0.29) is 11.6 Å². The number of benzene rings is 1. The van der Waals surface area contributed by atoms with Crippen molar-refractivity contribution in [2.24, 2.45) is 0 Å². The van der Waals surface area contributed by atoms with Crippen LogP contribution in [0.2, 0.25) is 0 Å². The van der Waals surface area contributed by atoms with Crippen LogP contribution < -0.4 is 10.2 Å². The third kappa shape index (κ3) is 3.57. The van der Waals surface area contributed by atoms with Gasteiger partial charge in [0.05, 0.1) is 17.8 Å². The van der Waals surface area contributed by atoms with Crippen molar-refractivity contribution in [2.75, 3.05) is 11.9 Å². The van der Waals surface area contributed by atoms with Crippen molar-refractivity contribution in [1.29, 1.82) is 0 Å². The first-order chi connectivity index (χ1) is 9.99. The second-order valence-electron chi connectivity index (χ2n) is 4.42. The molecule has 0 saturated heterocycles. The fraction of sp³-hybridized carbons (Fsp3) is 0.214. The fourth-order valence-electron chi connectivity index (χ4n) is 1.81. The molecule has 21 heavy (non-hydrogen) atoms. The zero-order chi connectivity index (χ0) is 15.4. The first-order valence-electron chi connectivity index (χ1n) is 6.24. The summed E-state index contributed by atoms with van der Waals surface area (Å²) in [6.45, 7) is 2.20. The number of urea groups is 1. The zero-order valence-corrected chi connectivity index (χ0v) is 12.5. The molecule has 0 atom stereocenters. The number of nitrogens with one attached hydrogen (secondary N) is 1. The van der Waals surface area contributed by atoms with E-state index in [0.717, 1.165) is 10.7 Å². The van der Waals surface area contributed by atoms with Crippen LogP contribution in [-0.4, -0.2) is 29.1 Å². The molecular weight excluding hydrogens is 290 g/mol. The van der Waals surface area contributed by atoms with Crippen molar-refractivity contribution in [3.63, 3.8) is 0 Å². The van der Waals surface area contributed by atoms with Gasteiger partial charge in [0.1, 0.15) is 5.01 Å². The van der Waals surface area contributed by atoms with Gasteiger partial charge in [-0.2, -0.15) is 0 Å². The average molecular weight is 305 g/mol. The molecule has 0 bridgehead atoms. The van der Waals surface area contributed by atoms with Crippen LogP contribution in [0.3, 0.4) is 0 Å². The number of carbonyl (C=O) groups is 2. The number of aromatic carboxylic acids is 1. The van der Waals surface area contributed by atoms with Crippen LogP contribution in [0, 0.1) is 6.92 Å². The third-order valence-corrected chi connectivity index (χ3v) is 3.82. The van der Waals surface area contributed by atoms with Gasteiger partial charge in [-0.1, -0.05) is 12.1 Å². The maximum Gasteiger partial charge on any atom is 0.337 e. The fourth-order valence-corrected chi connectivity index (χ4v) is 2.52.